The van der Waals surface area contributed by atoms with Gasteiger partial charge in [-0.1, -0.05) is 12.1 Å². The molecule has 0 aliphatic heterocycles. The van der Waals surface area contributed by atoms with E-state index in [4.69, 9.17) is 15.2 Å². The summed E-state index contributed by atoms with van der Waals surface area (Å²) in [6, 6.07) is 15.4. The molecule has 0 aliphatic carbocycles. The number of benzene rings is 2. The summed E-state index contributed by atoms with van der Waals surface area (Å²) in [6.45, 7) is 4.58. The van der Waals surface area contributed by atoms with E-state index in [0.717, 1.165) is 22.8 Å². The Morgan fingerprint density at radius 2 is 1.68 bits per heavy atom. The van der Waals surface area contributed by atoms with E-state index in [1.54, 1.807) is 0 Å². The highest BCUT2D eigenvalue weighted by Gasteiger charge is 2.02. The predicted octanol–water partition coefficient (Wildman–Crippen LogP) is 3.90. The molecule has 0 amide bonds. The van der Waals surface area contributed by atoms with Crippen LogP contribution in [0, 0.1) is 0 Å². The summed E-state index contributed by atoms with van der Waals surface area (Å²) in [4.78, 5) is 0. The van der Waals surface area contributed by atoms with Crippen LogP contribution >= 0.6 is 0 Å². The van der Waals surface area contributed by atoms with Crippen LogP contribution in [0.5, 0.6) is 17.2 Å². The SMILES string of the molecule is CCOc1ccc(Oc2cccc(C(C)N)c2)cc1. The van der Waals surface area contributed by atoms with Crippen LogP contribution in [0.25, 0.3) is 0 Å². The van der Waals surface area contributed by atoms with Crippen molar-refractivity contribution in [2.75, 3.05) is 6.61 Å². The molecule has 1 unspecified atom stereocenters. The van der Waals surface area contributed by atoms with E-state index in [9.17, 15) is 0 Å². The summed E-state index contributed by atoms with van der Waals surface area (Å²) in [6.07, 6.45) is 0. The molecule has 0 saturated carbocycles. The van der Waals surface area contributed by atoms with Crippen molar-refractivity contribution in [2.24, 2.45) is 5.73 Å². The Kier molecular flexibility index (Phi) is 4.42. The molecule has 2 aromatic rings. The molecule has 1 atom stereocenters. The second-order valence-electron chi connectivity index (χ2n) is 4.37. The van der Waals surface area contributed by atoms with Gasteiger partial charge in [-0.05, 0) is 55.8 Å². The van der Waals surface area contributed by atoms with Crippen LogP contribution in [0.1, 0.15) is 25.5 Å². The predicted molar refractivity (Wildman–Crippen MR) is 76.7 cm³/mol. The number of hydrogen-bond acceptors (Lipinski definition) is 3. The molecule has 2 aromatic carbocycles. The lowest BCUT2D eigenvalue weighted by Crippen LogP contribution is -2.04. The molecule has 19 heavy (non-hydrogen) atoms. The highest BCUT2D eigenvalue weighted by Crippen LogP contribution is 2.25. The molecule has 2 rings (SSSR count). The van der Waals surface area contributed by atoms with Gasteiger partial charge in [-0.25, -0.2) is 0 Å². The third-order valence-electron chi connectivity index (χ3n) is 2.75. The zero-order chi connectivity index (χ0) is 13.7. The van der Waals surface area contributed by atoms with Crippen molar-refractivity contribution < 1.29 is 9.47 Å². The fraction of sp³-hybridized carbons (Fsp3) is 0.250. The van der Waals surface area contributed by atoms with Crippen molar-refractivity contribution in [3.63, 3.8) is 0 Å². The Hall–Kier alpha value is -2.00. The van der Waals surface area contributed by atoms with Crippen molar-refractivity contribution in [1.82, 2.24) is 0 Å². The first-order valence-electron chi connectivity index (χ1n) is 6.45. The van der Waals surface area contributed by atoms with Crippen molar-refractivity contribution in [1.29, 1.82) is 0 Å². The largest absolute Gasteiger partial charge is 0.494 e. The quantitative estimate of drug-likeness (QED) is 0.883. The van der Waals surface area contributed by atoms with Gasteiger partial charge in [0.15, 0.2) is 0 Å². The van der Waals surface area contributed by atoms with Crippen LogP contribution in [-0.2, 0) is 0 Å². The van der Waals surface area contributed by atoms with E-state index in [1.165, 1.54) is 0 Å². The van der Waals surface area contributed by atoms with Crippen LogP contribution in [0.15, 0.2) is 48.5 Å². The van der Waals surface area contributed by atoms with Crippen LogP contribution in [0.3, 0.4) is 0 Å². The van der Waals surface area contributed by atoms with Gasteiger partial charge in [-0.2, -0.15) is 0 Å². The highest BCUT2D eigenvalue weighted by molar-refractivity contribution is 5.37. The van der Waals surface area contributed by atoms with Crippen LogP contribution < -0.4 is 15.2 Å². The van der Waals surface area contributed by atoms with E-state index >= 15 is 0 Å². The third kappa shape index (κ3) is 3.73. The highest BCUT2D eigenvalue weighted by atomic mass is 16.5. The van der Waals surface area contributed by atoms with Crippen molar-refractivity contribution in [3.8, 4) is 17.2 Å². The minimum atomic E-state index is 0.00359. The smallest absolute Gasteiger partial charge is 0.127 e. The first kappa shape index (κ1) is 13.4. The molecule has 0 spiro atoms. The second-order valence-corrected chi connectivity index (χ2v) is 4.37. The summed E-state index contributed by atoms with van der Waals surface area (Å²) in [5.74, 6) is 2.42. The van der Waals surface area contributed by atoms with E-state index in [1.807, 2.05) is 62.4 Å². The molecule has 0 aliphatic rings. The van der Waals surface area contributed by atoms with Crippen LogP contribution in [-0.4, -0.2) is 6.61 Å². The molecule has 0 radical (unpaired) electrons. The molecule has 0 saturated heterocycles. The summed E-state index contributed by atoms with van der Waals surface area (Å²) in [7, 11) is 0. The Bertz CT molecular complexity index is 521. The summed E-state index contributed by atoms with van der Waals surface area (Å²) in [5.41, 5.74) is 6.92. The van der Waals surface area contributed by atoms with Crippen LogP contribution in [0.2, 0.25) is 0 Å². The van der Waals surface area contributed by atoms with Crippen molar-refractivity contribution in [3.05, 3.63) is 54.1 Å². The van der Waals surface area contributed by atoms with Crippen molar-refractivity contribution in [2.45, 2.75) is 19.9 Å². The molecular formula is C16H19NO2. The number of ether oxygens (including phenoxy) is 2. The molecule has 100 valence electrons. The van der Waals surface area contributed by atoms with E-state index in [2.05, 4.69) is 0 Å². The molecule has 3 heteroatoms. The summed E-state index contributed by atoms with van der Waals surface area (Å²) in [5, 5.41) is 0. The van der Waals surface area contributed by atoms with Gasteiger partial charge in [0.05, 0.1) is 6.61 Å². The lowest BCUT2D eigenvalue weighted by Gasteiger charge is -2.10. The molecule has 2 N–H and O–H groups in total. The third-order valence-corrected chi connectivity index (χ3v) is 2.75. The molecule has 0 aromatic heterocycles. The normalized spacial score (nSPS) is 11.9. The van der Waals surface area contributed by atoms with Crippen molar-refractivity contribution >= 4 is 0 Å². The minimum absolute atomic E-state index is 0.00359. The van der Waals surface area contributed by atoms with E-state index in [0.29, 0.717) is 6.61 Å². The Labute approximate surface area is 114 Å². The lowest BCUT2D eigenvalue weighted by atomic mass is 10.1. The summed E-state index contributed by atoms with van der Waals surface area (Å²) >= 11 is 0. The average Bonchev–Trinajstić information content (AvgIpc) is 2.42. The van der Waals surface area contributed by atoms with Crippen LogP contribution in [0.4, 0.5) is 0 Å². The number of nitrogens with two attached hydrogens (primary N) is 1. The average molecular weight is 257 g/mol. The fourth-order valence-corrected chi connectivity index (χ4v) is 1.77. The molecule has 0 bridgehead atoms. The van der Waals surface area contributed by atoms with Gasteiger partial charge >= 0.3 is 0 Å². The maximum absolute atomic E-state index is 5.86. The Balaban J connectivity index is 2.10. The second kappa shape index (κ2) is 6.25. The first-order chi connectivity index (χ1) is 9.19. The maximum Gasteiger partial charge on any atom is 0.127 e. The monoisotopic (exact) mass is 257 g/mol. The minimum Gasteiger partial charge on any atom is -0.494 e. The molecular weight excluding hydrogens is 238 g/mol. The number of hydrogen-bond donors (Lipinski definition) is 1. The molecule has 0 fully saturated rings. The van der Waals surface area contributed by atoms with Gasteiger partial charge in [0.1, 0.15) is 17.2 Å². The Morgan fingerprint density at radius 1 is 1.00 bits per heavy atom. The summed E-state index contributed by atoms with van der Waals surface area (Å²) < 4.78 is 11.2. The van der Waals surface area contributed by atoms with Gasteiger partial charge < -0.3 is 15.2 Å². The number of rotatable bonds is 5. The zero-order valence-corrected chi connectivity index (χ0v) is 11.3. The first-order valence-corrected chi connectivity index (χ1v) is 6.45. The van der Waals surface area contributed by atoms with Gasteiger partial charge in [-0.15, -0.1) is 0 Å². The Morgan fingerprint density at radius 3 is 2.32 bits per heavy atom. The lowest BCUT2D eigenvalue weighted by molar-refractivity contribution is 0.339. The molecule has 0 heterocycles. The van der Waals surface area contributed by atoms with Gasteiger partial charge in [0.2, 0.25) is 0 Å². The van der Waals surface area contributed by atoms with Gasteiger partial charge in [0, 0.05) is 6.04 Å². The standard InChI is InChI=1S/C16H19NO2/c1-3-18-14-7-9-15(10-8-14)19-16-6-4-5-13(11-16)12(2)17/h4-12H,3,17H2,1-2H3. The zero-order valence-electron chi connectivity index (χ0n) is 11.3. The topological polar surface area (TPSA) is 44.5 Å². The van der Waals surface area contributed by atoms with Gasteiger partial charge in [-0.3, -0.25) is 0 Å². The maximum atomic E-state index is 5.86. The van der Waals surface area contributed by atoms with E-state index < -0.39 is 0 Å². The van der Waals surface area contributed by atoms with Gasteiger partial charge in [0.25, 0.3) is 0 Å². The van der Waals surface area contributed by atoms with E-state index in [-0.39, 0.29) is 6.04 Å². The fourth-order valence-electron chi connectivity index (χ4n) is 1.77. The molecule has 3 nitrogen and oxygen atoms in total.